The van der Waals surface area contributed by atoms with Crippen LogP contribution in [0.1, 0.15) is 32.6 Å². The minimum absolute atomic E-state index is 0.0823. The Morgan fingerprint density at radius 2 is 1.71 bits per heavy atom. The van der Waals surface area contributed by atoms with E-state index in [0.717, 1.165) is 44.7 Å². The molecule has 1 amide bonds. The lowest BCUT2D eigenvalue weighted by Gasteiger charge is -2.14. The van der Waals surface area contributed by atoms with Crippen molar-refractivity contribution in [1.29, 1.82) is 0 Å². The second kappa shape index (κ2) is 9.39. The number of fused-ring (bicyclic) bond motifs is 1. The van der Waals surface area contributed by atoms with Crippen LogP contribution in [0.5, 0.6) is 0 Å². The first-order chi connectivity index (χ1) is 16.3. The normalized spacial score (nSPS) is 10.9. The van der Waals surface area contributed by atoms with Crippen molar-refractivity contribution >= 4 is 34.3 Å². The number of methoxy groups -OCH3 is 1. The molecule has 3 N–H and O–H groups in total. The van der Waals surface area contributed by atoms with E-state index >= 15 is 0 Å². The monoisotopic (exact) mass is 456 g/mol. The highest BCUT2D eigenvalue weighted by Gasteiger charge is 2.16. The van der Waals surface area contributed by atoms with E-state index in [1.165, 1.54) is 12.7 Å². The maximum absolute atomic E-state index is 12.8. The van der Waals surface area contributed by atoms with E-state index < -0.39 is 0 Å². The van der Waals surface area contributed by atoms with Crippen molar-refractivity contribution in [2.24, 2.45) is 0 Å². The zero-order valence-corrected chi connectivity index (χ0v) is 20.0. The highest BCUT2D eigenvalue weighted by atomic mass is 16.5. The van der Waals surface area contributed by atoms with E-state index in [2.05, 4.69) is 15.6 Å². The topological polar surface area (TPSA) is 96.1 Å². The van der Waals surface area contributed by atoms with Crippen LogP contribution >= 0.6 is 0 Å². The molecule has 0 saturated carbocycles. The van der Waals surface area contributed by atoms with E-state index in [1.54, 1.807) is 6.07 Å². The number of aromatic nitrogens is 2. The summed E-state index contributed by atoms with van der Waals surface area (Å²) in [6.07, 6.45) is 0. The summed E-state index contributed by atoms with van der Waals surface area (Å²) in [5.41, 5.74) is 8.96. The number of carbonyl (C=O) groups is 2. The Kier molecular flexibility index (Phi) is 6.36. The number of imidazole rings is 1. The average Bonchev–Trinajstić information content (AvgIpc) is 3.23. The Morgan fingerprint density at radius 3 is 2.44 bits per heavy atom. The zero-order chi connectivity index (χ0) is 24.4. The fourth-order valence-corrected chi connectivity index (χ4v) is 3.93. The molecule has 4 aromatic rings. The number of benzene rings is 3. The van der Waals surface area contributed by atoms with Gasteiger partial charge in [0.1, 0.15) is 12.4 Å². The average molecular weight is 457 g/mol. The second-order valence-corrected chi connectivity index (χ2v) is 8.43. The van der Waals surface area contributed by atoms with Crippen LogP contribution in [0, 0.1) is 27.7 Å². The summed E-state index contributed by atoms with van der Waals surface area (Å²) in [5, 5.41) is 6.08. The third-order valence-electron chi connectivity index (χ3n) is 6.07. The predicted octanol–water partition coefficient (Wildman–Crippen LogP) is 5.30. The van der Waals surface area contributed by atoms with Crippen molar-refractivity contribution in [3.8, 4) is 11.4 Å². The van der Waals surface area contributed by atoms with Gasteiger partial charge in [-0.05, 0) is 86.3 Å². The molecule has 0 fully saturated rings. The summed E-state index contributed by atoms with van der Waals surface area (Å²) in [4.78, 5) is 32.5. The Morgan fingerprint density at radius 1 is 0.941 bits per heavy atom. The van der Waals surface area contributed by atoms with Gasteiger partial charge in [0.2, 0.25) is 0 Å². The lowest BCUT2D eigenvalue weighted by molar-refractivity contribution is -0.138. The third kappa shape index (κ3) is 4.64. The van der Waals surface area contributed by atoms with Crippen LogP contribution in [0.15, 0.2) is 48.5 Å². The third-order valence-corrected chi connectivity index (χ3v) is 6.07. The Labute approximate surface area is 198 Å². The SMILES string of the molecule is COC(=O)CNc1ccc(C)c(-c2nc3ccc(C(=O)Nc4ccc(C)c(C)c4)cc3[nH]2)c1C. The Hall–Kier alpha value is -4.13. The number of aryl methyl sites for hydroxylation is 3. The van der Waals surface area contributed by atoms with Crippen molar-refractivity contribution in [3.63, 3.8) is 0 Å². The van der Waals surface area contributed by atoms with E-state index in [4.69, 9.17) is 9.72 Å². The van der Waals surface area contributed by atoms with E-state index in [9.17, 15) is 9.59 Å². The molecule has 1 aromatic heterocycles. The van der Waals surface area contributed by atoms with Crippen molar-refractivity contribution < 1.29 is 14.3 Å². The molecule has 0 spiro atoms. The number of hydrogen-bond acceptors (Lipinski definition) is 5. The van der Waals surface area contributed by atoms with Gasteiger partial charge in [-0.15, -0.1) is 0 Å². The van der Waals surface area contributed by atoms with Gasteiger partial charge in [0.05, 0.1) is 18.1 Å². The number of esters is 1. The number of rotatable bonds is 6. The Balaban J connectivity index is 1.63. The summed E-state index contributed by atoms with van der Waals surface area (Å²) in [5.74, 6) is 0.193. The number of ether oxygens (including phenoxy) is 1. The van der Waals surface area contributed by atoms with Crippen molar-refractivity contribution in [2.75, 3.05) is 24.3 Å². The molecule has 0 atom stereocenters. The molecule has 0 unspecified atom stereocenters. The molecule has 7 heteroatoms. The van der Waals surface area contributed by atoms with E-state index in [1.807, 2.05) is 70.2 Å². The van der Waals surface area contributed by atoms with Crippen molar-refractivity contribution in [2.45, 2.75) is 27.7 Å². The smallest absolute Gasteiger partial charge is 0.325 e. The second-order valence-electron chi connectivity index (χ2n) is 8.43. The van der Waals surface area contributed by atoms with Crippen LogP contribution in [0.2, 0.25) is 0 Å². The van der Waals surface area contributed by atoms with Gasteiger partial charge in [0.15, 0.2) is 0 Å². The molecule has 7 nitrogen and oxygen atoms in total. The van der Waals surface area contributed by atoms with Gasteiger partial charge < -0.3 is 20.4 Å². The van der Waals surface area contributed by atoms with Crippen LogP contribution < -0.4 is 10.6 Å². The summed E-state index contributed by atoms with van der Waals surface area (Å²) in [6, 6.07) is 15.2. The summed E-state index contributed by atoms with van der Waals surface area (Å²) < 4.78 is 4.72. The predicted molar refractivity (Wildman–Crippen MR) is 135 cm³/mol. The molecule has 1 heterocycles. The largest absolute Gasteiger partial charge is 0.468 e. The maximum Gasteiger partial charge on any atom is 0.325 e. The van der Waals surface area contributed by atoms with Crippen LogP contribution in [-0.4, -0.2) is 35.5 Å². The number of aromatic amines is 1. The number of hydrogen-bond donors (Lipinski definition) is 3. The highest BCUT2D eigenvalue weighted by molar-refractivity contribution is 6.06. The van der Waals surface area contributed by atoms with Gasteiger partial charge in [-0.1, -0.05) is 12.1 Å². The van der Waals surface area contributed by atoms with Gasteiger partial charge >= 0.3 is 5.97 Å². The standard InChI is InChI=1S/C27H28N4O3/c1-15-6-9-20(12-17(15)3)29-27(33)19-8-11-22-23(13-19)31-26(30-22)25-16(2)7-10-21(18(25)4)28-14-24(32)34-5/h6-13,28H,14H2,1-5H3,(H,29,33)(H,30,31). The van der Waals surface area contributed by atoms with Gasteiger partial charge in [0.25, 0.3) is 5.91 Å². The minimum Gasteiger partial charge on any atom is -0.468 e. The molecule has 0 aliphatic rings. The molecule has 0 saturated heterocycles. The Bertz CT molecular complexity index is 1400. The number of nitrogens with zero attached hydrogens (tertiary/aromatic N) is 1. The number of carbonyl (C=O) groups excluding carboxylic acids is 2. The lowest BCUT2D eigenvalue weighted by Crippen LogP contribution is -2.15. The lowest BCUT2D eigenvalue weighted by atomic mass is 10.0. The highest BCUT2D eigenvalue weighted by Crippen LogP contribution is 2.32. The molecule has 3 aromatic carbocycles. The van der Waals surface area contributed by atoms with E-state index in [0.29, 0.717) is 11.4 Å². The molecule has 174 valence electrons. The zero-order valence-electron chi connectivity index (χ0n) is 20.0. The van der Waals surface area contributed by atoms with Gasteiger partial charge in [-0.25, -0.2) is 4.98 Å². The van der Waals surface area contributed by atoms with Crippen LogP contribution in [0.3, 0.4) is 0 Å². The van der Waals surface area contributed by atoms with Crippen molar-refractivity contribution in [3.05, 3.63) is 76.3 Å². The molecule has 34 heavy (non-hydrogen) atoms. The van der Waals surface area contributed by atoms with E-state index in [-0.39, 0.29) is 18.4 Å². The molecule has 0 aliphatic carbocycles. The maximum atomic E-state index is 12.8. The molecular formula is C27H28N4O3. The number of amides is 1. The number of H-pyrrole nitrogens is 1. The fourth-order valence-electron chi connectivity index (χ4n) is 3.93. The number of anilines is 2. The number of nitrogens with one attached hydrogen (secondary N) is 3. The molecule has 0 aliphatic heterocycles. The first kappa shape index (κ1) is 23.0. The van der Waals surface area contributed by atoms with Crippen molar-refractivity contribution in [1.82, 2.24) is 9.97 Å². The summed E-state index contributed by atoms with van der Waals surface area (Å²) in [6.45, 7) is 8.14. The fraction of sp³-hybridized carbons (Fsp3) is 0.222. The molecular weight excluding hydrogens is 428 g/mol. The summed E-state index contributed by atoms with van der Waals surface area (Å²) in [7, 11) is 1.36. The van der Waals surface area contributed by atoms with Gasteiger partial charge in [0, 0.05) is 22.5 Å². The van der Waals surface area contributed by atoms with Crippen LogP contribution in [0.25, 0.3) is 22.4 Å². The minimum atomic E-state index is -0.336. The first-order valence-electron chi connectivity index (χ1n) is 11.1. The van der Waals surface area contributed by atoms with Gasteiger partial charge in [-0.2, -0.15) is 0 Å². The quantitative estimate of drug-likeness (QED) is 0.342. The van der Waals surface area contributed by atoms with Crippen LogP contribution in [-0.2, 0) is 9.53 Å². The first-order valence-corrected chi connectivity index (χ1v) is 11.1. The summed E-state index contributed by atoms with van der Waals surface area (Å²) >= 11 is 0. The van der Waals surface area contributed by atoms with Crippen LogP contribution in [0.4, 0.5) is 11.4 Å². The molecule has 0 bridgehead atoms. The van der Waals surface area contributed by atoms with Gasteiger partial charge in [-0.3, -0.25) is 9.59 Å². The molecule has 4 rings (SSSR count). The molecule has 0 radical (unpaired) electrons.